The van der Waals surface area contributed by atoms with Crippen molar-refractivity contribution in [1.82, 2.24) is 0 Å². The summed E-state index contributed by atoms with van der Waals surface area (Å²) in [5.74, 6) is 0. The van der Waals surface area contributed by atoms with Crippen LogP contribution >= 0.6 is 0 Å². The minimum absolute atomic E-state index is 0.634. The lowest BCUT2D eigenvalue weighted by molar-refractivity contribution is 0.0759. The standard InChI is InChI=1S/C11H18N2O2/c1-14-7-8-15-6-5-13-11-4-2-3-10(12)9-11/h2-4,9,13H,5-8,12H2,1H3. The molecule has 0 saturated heterocycles. The average Bonchev–Trinajstić information content (AvgIpc) is 2.23. The first kappa shape index (κ1) is 11.8. The van der Waals surface area contributed by atoms with Crippen molar-refractivity contribution >= 4 is 11.4 Å². The van der Waals surface area contributed by atoms with Crippen molar-refractivity contribution in [2.75, 3.05) is 44.5 Å². The van der Waals surface area contributed by atoms with Gasteiger partial charge in [0.1, 0.15) is 0 Å². The van der Waals surface area contributed by atoms with Crippen LogP contribution in [0.5, 0.6) is 0 Å². The molecule has 0 aliphatic heterocycles. The van der Waals surface area contributed by atoms with Gasteiger partial charge in [-0.3, -0.25) is 0 Å². The highest BCUT2D eigenvalue weighted by Crippen LogP contribution is 2.10. The van der Waals surface area contributed by atoms with Crippen LogP contribution in [-0.4, -0.2) is 33.5 Å². The van der Waals surface area contributed by atoms with Crippen molar-refractivity contribution < 1.29 is 9.47 Å². The molecule has 0 aliphatic carbocycles. The monoisotopic (exact) mass is 210 g/mol. The Morgan fingerprint density at radius 2 is 2.13 bits per heavy atom. The van der Waals surface area contributed by atoms with Gasteiger partial charge in [-0.2, -0.15) is 0 Å². The number of hydrogen-bond acceptors (Lipinski definition) is 4. The van der Waals surface area contributed by atoms with Crippen LogP contribution in [0.3, 0.4) is 0 Å². The predicted molar refractivity (Wildman–Crippen MR) is 62.0 cm³/mol. The number of rotatable bonds is 7. The van der Waals surface area contributed by atoms with Crippen LogP contribution in [0.15, 0.2) is 24.3 Å². The van der Waals surface area contributed by atoms with Crippen LogP contribution in [0.2, 0.25) is 0 Å². The van der Waals surface area contributed by atoms with Crippen LogP contribution in [-0.2, 0) is 9.47 Å². The summed E-state index contributed by atoms with van der Waals surface area (Å²) in [6, 6.07) is 7.66. The van der Waals surface area contributed by atoms with Gasteiger partial charge in [-0.1, -0.05) is 6.07 Å². The summed E-state index contributed by atoms with van der Waals surface area (Å²) in [5, 5.41) is 3.22. The number of benzene rings is 1. The van der Waals surface area contributed by atoms with Crippen molar-refractivity contribution in [2.24, 2.45) is 0 Å². The molecular weight excluding hydrogens is 192 g/mol. The zero-order valence-electron chi connectivity index (χ0n) is 9.03. The molecule has 0 aliphatic rings. The number of hydrogen-bond donors (Lipinski definition) is 2. The highest BCUT2D eigenvalue weighted by atomic mass is 16.5. The topological polar surface area (TPSA) is 56.5 Å². The summed E-state index contributed by atoms with van der Waals surface area (Å²) in [7, 11) is 1.66. The van der Waals surface area contributed by atoms with E-state index in [1.165, 1.54) is 0 Å². The minimum Gasteiger partial charge on any atom is -0.399 e. The fourth-order valence-corrected chi connectivity index (χ4v) is 1.16. The SMILES string of the molecule is COCCOCCNc1cccc(N)c1. The molecule has 0 amide bonds. The summed E-state index contributed by atoms with van der Waals surface area (Å²) in [6.07, 6.45) is 0. The molecular formula is C11H18N2O2. The summed E-state index contributed by atoms with van der Waals surface area (Å²) < 4.78 is 10.2. The second-order valence-corrected chi connectivity index (χ2v) is 3.16. The van der Waals surface area contributed by atoms with E-state index in [0.717, 1.165) is 17.9 Å². The van der Waals surface area contributed by atoms with E-state index in [-0.39, 0.29) is 0 Å². The van der Waals surface area contributed by atoms with Gasteiger partial charge in [0.15, 0.2) is 0 Å². The van der Waals surface area contributed by atoms with Crippen LogP contribution < -0.4 is 11.1 Å². The van der Waals surface area contributed by atoms with Gasteiger partial charge in [-0.25, -0.2) is 0 Å². The molecule has 0 aromatic heterocycles. The Morgan fingerprint density at radius 3 is 2.87 bits per heavy atom. The molecule has 4 heteroatoms. The molecule has 4 nitrogen and oxygen atoms in total. The van der Waals surface area contributed by atoms with Gasteiger partial charge in [0.05, 0.1) is 19.8 Å². The van der Waals surface area contributed by atoms with Crippen molar-refractivity contribution in [3.63, 3.8) is 0 Å². The number of ether oxygens (including phenoxy) is 2. The van der Waals surface area contributed by atoms with E-state index in [1.807, 2.05) is 24.3 Å². The highest BCUT2D eigenvalue weighted by Gasteiger charge is 1.92. The van der Waals surface area contributed by atoms with Crippen molar-refractivity contribution in [2.45, 2.75) is 0 Å². The van der Waals surface area contributed by atoms with Gasteiger partial charge in [-0.15, -0.1) is 0 Å². The van der Waals surface area contributed by atoms with Crippen LogP contribution in [0.4, 0.5) is 11.4 Å². The smallest absolute Gasteiger partial charge is 0.0701 e. The molecule has 0 atom stereocenters. The maximum Gasteiger partial charge on any atom is 0.0701 e. The summed E-state index contributed by atoms with van der Waals surface area (Å²) >= 11 is 0. The lowest BCUT2D eigenvalue weighted by Gasteiger charge is -2.07. The average molecular weight is 210 g/mol. The first-order chi connectivity index (χ1) is 7.33. The number of nitrogen functional groups attached to an aromatic ring is 1. The molecule has 84 valence electrons. The molecule has 1 aromatic rings. The first-order valence-corrected chi connectivity index (χ1v) is 4.99. The molecule has 15 heavy (non-hydrogen) atoms. The van der Waals surface area contributed by atoms with E-state index in [9.17, 15) is 0 Å². The van der Waals surface area contributed by atoms with E-state index in [0.29, 0.717) is 19.8 Å². The molecule has 0 saturated carbocycles. The van der Waals surface area contributed by atoms with E-state index in [1.54, 1.807) is 7.11 Å². The lowest BCUT2D eigenvalue weighted by Crippen LogP contribution is -2.11. The zero-order valence-corrected chi connectivity index (χ0v) is 9.03. The molecule has 0 bridgehead atoms. The Hall–Kier alpha value is -1.26. The second kappa shape index (κ2) is 7.09. The Balaban J connectivity index is 2.10. The van der Waals surface area contributed by atoms with E-state index in [2.05, 4.69) is 5.32 Å². The molecule has 1 rings (SSSR count). The van der Waals surface area contributed by atoms with Gasteiger partial charge >= 0.3 is 0 Å². The van der Waals surface area contributed by atoms with Gasteiger partial charge in [0.2, 0.25) is 0 Å². The Labute approximate surface area is 90.4 Å². The lowest BCUT2D eigenvalue weighted by atomic mass is 10.3. The molecule has 3 N–H and O–H groups in total. The van der Waals surface area contributed by atoms with Crippen molar-refractivity contribution in [1.29, 1.82) is 0 Å². The third kappa shape index (κ3) is 5.24. The highest BCUT2D eigenvalue weighted by molar-refractivity contribution is 5.53. The summed E-state index contributed by atoms with van der Waals surface area (Å²) in [6.45, 7) is 2.71. The number of nitrogens with one attached hydrogen (secondary N) is 1. The fraction of sp³-hybridized carbons (Fsp3) is 0.455. The summed E-state index contributed by atoms with van der Waals surface area (Å²) in [4.78, 5) is 0. The molecule has 0 heterocycles. The van der Waals surface area contributed by atoms with Gasteiger partial charge in [0, 0.05) is 25.0 Å². The van der Waals surface area contributed by atoms with Crippen molar-refractivity contribution in [3.8, 4) is 0 Å². The van der Waals surface area contributed by atoms with Crippen LogP contribution in [0.1, 0.15) is 0 Å². The first-order valence-electron chi connectivity index (χ1n) is 4.99. The molecule has 0 radical (unpaired) electrons. The van der Waals surface area contributed by atoms with Gasteiger partial charge in [0.25, 0.3) is 0 Å². The molecule has 0 fully saturated rings. The van der Waals surface area contributed by atoms with E-state index < -0.39 is 0 Å². The fourth-order valence-electron chi connectivity index (χ4n) is 1.16. The maximum absolute atomic E-state index is 5.64. The Bertz CT molecular complexity index is 279. The Kier molecular flexibility index (Phi) is 5.58. The second-order valence-electron chi connectivity index (χ2n) is 3.16. The van der Waals surface area contributed by atoms with Gasteiger partial charge < -0.3 is 20.5 Å². The van der Waals surface area contributed by atoms with Gasteiger partial charge in [-0.05, 0) is 18.2 Å². The predicted octanol–water partition coefficient (Wildman–Crippen LogP) is 1.34. The van der Waals surface area contributed by atoms with Crippen molar-refractivity contribution in [3.05, 3.63) is 24.3 Å². The normalized spacial score (nSPS) is 10.2. The largest absolute Gasteiger partial charge is 0.399 e. The Morgan fingerprint density at radius 1 is 1.27 bits per heavy atom. The third-order valence-corrected chi connectivity index (χ3v) is 1.89. The minimum atomic E-state index is 0.634. The van der Waals surface area contributed by atoms with E-state index >= 15 is 0 Å². The molecule has 1 aromatic carbocycles. The maximum atomic E-state index is 5.64. The number of nitrogens with two attached hydrogens (primary N) is 1. The molecule has 0 unspecified atom stereocenters. The quantitative estimate of drug-likeness (QED) is 0.527. The van der Waals surface area contributed by atoms with E-state index in [4.69, 9.17) is 15.2 Å². The summed E-state index contributed by atoms with van der Waals surface area (Å²) in [5.41, 5.74) is 7.42. The van der Waals surface area contributed by atoms with Crippen LogP contribution in [0.25, 0.3) is 0 Å². The zero-order chi connectivity index (χ0) is 10.9. The molecule has 0 spiro atoms. The number of methoxy groups -OCH3 is 1. The third-order valence-electron chi connectivity index (χ3n) is 1.89. The number of anilines is 2. The van der Waals surface area contributed by atoms with Crippen LogP contribution in [0, 0.1) is 0 Å².